The van der Waals surface area contributed by atoms with Crippen molar-refractivity contribution in [2.45, 2.75) is 29.1 Å². The van der Waals surface area contributed by atoms with E-state index in [1.54, 1.807) is 0 Å². The molecule has 0 radical (unpaired) electrons. The number of nitrogens with zero attached hydrogens (tertiary/aromatic N) is 1. The van der Waals surface area contributed by atoms with Gasteiger partial charge in [0, 0.05) is 16.2 Å². The molecule has 30 heavy (non-hydrogen) atoms. The van der Waals surface area contributed by atoms with Crippen LogP contribution in [0.5, 0.6) is 0 Å². The van der Waals surface area contributed by atoms with Gasteiger partial charge in [-0.2, -0.15) is 0 Å². The van der Waals surface area contributed by atoms with Gasteiger partial charge in [-0.05, 0) is 52.6 Å². The molecule has 3 heteroatoms. The van der Waals surface area contributed by atoms with Crippen molar-refractivity contribution in [2.24, 2.45) is 0 Å². The fourth-order valence-corrected chi connectivity index (χ4v) is 6.91. The Bertz CT molecular complexity index is 1590. The number of rotatable bonds is 0. The van der Waals surface area contributed by atoms with E-state index in [-0.39, 0.29) is 5.41 Å². The van der Waals surface area contributed by atoms with Crippen LogP contribution in [-0.2, 0) is 16.2 Å². The first kappa shape index (κ1) is 16.6. The summed E-state index contributed by atoms with van der Waals surface area (Å²) in [6, 6.07) is 27.8. The standard InChI is InChI=1S/C27H19NOS/c1-27(2)20-10-4-3-8-16(20)18-14-19-17-9-7-13-25-26(17)28(23(19)15-21(18)27)22-11-5-6-12-24(22)30(25)29/h3-15H,1-2H3. The fourth-order valence-electron chi connectivity index (χ4n) is 5.54. The third-order valence-electron chi connectivity index (χ3n) is 6.96. The van der Waals surface area contributed by atoms with Gasteiger partial charge in [0.1, 0.15) is 0 Å². The molecule has 1 atom stereocenters. The van der Waals surface area contributed by atoms with E-state index in [4.69, 9.17) is 0 Å². The van der Waals surface area contributed by atoms with Crippen LogP contribution in [0.3, 0.4) is 0 Å². The van der Waals surface area contributed by atoms with Crippen LogP contribution in [0.4, 0.5) is 0 Å². The van der Waals surface area contributed by atoms with Gasteiger partial charge in [-0.15, -0.1) is 0 Å². The largest absolute Gasteiger partial charge is 0.307 e. The van der Waals surface area contributed by atoms with Crippen molar-refractivity contribution in [3.8, 4) is 16.8 Å². The fraction of sp³-hybridized carbons (Fsp3) is 0.111. The van der Waals surface area contributed by atoms with Crippen LogP contribution in [0.1, 0.15) is 25.0 Å². The highest BCUT2D eigenvalue weighted by Gasteiger charge is 2.36. The van der Waals surface area contributed by atoms with Gasteiger partial charge in [0.2, 0.25) is 0 Å². The van der Waals surface area contributed by atoms with Gasteiger partial charge in [0.05, 0.1) is 37.3 Å². The molecule has 0 saturated heterocycles. The molecule has 5 aromatic rings. The van der Waals surface area contributed by atoms with Crippen LogP contribution in [0.25, 0.3) is 38.6 Å². The molecule has 4 aromatic carbocycles. The summed E-state index contributed by atoms with van der Waals surface area (Å²) < 4.78 is 15.7. The molecule has 2 heterocycles. The van der Waals surface area contributed by atoms with E-state index in [1.807, 2.05) is 30.3 Å². The highest BCUT2D eigenvalue weighted by atomic mass is 32.2. The number of aromatic nitrogens is 1. The lowest BCUT2D eigenvalue weighted by Crippen LogP contribution is -2.15. The quantitative estimate of drug-likeness (QED) is 0.280. The summed E-state index contributed by atoms with van der Waals surface area (Å²) in [4.78, 5) is 1.79. The molecule has 144 valence electrons. The lowest BCUT2D eigenvalue weighted by atomic mass is 9.82. The Labute approximate surface area is 177 Å². The van der Waals surface area contributed by atoms with Crippen LogP contribution in [0.15, 0.2) is 88.7 Å². The predicted molar refractivity (Wildman–Crippen MR) is 123 cm³/mol. The monoisotopic (exact) mass is 405 g/mol. The molecule has 0 bridgehead atoms. The minimum Gasteiger partial charge on any atom is -0.307 e. The lowest BCUT2D eigenvalue weighted by Gasteiger charge is -2.22. The van der Waals surface area contributed by atoms with Gasteiger partial charge in [0.15, 0.2) is 0 Å². The van der Waals surface area contributed by atoms with Gasteiger partial charge >= 0.3 is 0 Å². The topological polar surface area (TPSA) is 22.0 Å². The second-order valence-corrected chi connectivity index (χ2v) is 10.2. The second kappa shape index (κ2) is 5.30. The van der Waals surface area contributed by atoms with Gasteiger partial charge in [-0.3, -0.25) is 0 Å². The number of hydrogen-bond acceptors (Lipinski definition) is 1. The van der Waals surface area contributed by atoms with E-state index in [0.717, 1.165) is 21.0 Å². The van der Waals surface area contributed by atoms with Crippen molar-refractivity contribution in [3.05, 3.63) is 90.0 Å². The van der Waals surface area contributed by atoms with Gasteiger partial charge in [-0.25, -0.2) is 4.21 Å². The van der Waals surface area contributed by atoms with Crippen molar-refractivity contribution in [1.82, 2.24) is 4.57 Å². The minimum atomic E-state index is -1.16. The predicted octanol–water partition coefficient (Wildman–Crippen LogP) is 6.57. The van der Waals surface area contributed by atoms with Gasteiger partial charge in [0.25, 0.3) is 0 Å². The average Bonchev–Trinajstić information content (AvgIpc) is 3.21. The van der Waals surface area contributed by atoms with Crippen molar-refractivity contribution < 1.29 is 4.21 Å². The Hall–Kier alpha value is -3.17. The lowest BCUT2D eigenvalue weighted by molar-refractivity contribution is 0.661. The Morgan fingerprint density at radius 3 is 2.40 bits per heavy atom. The maximum absolute atomic E-state index is 13.3. The molecule has 0 N–H and O–H groups in total. The molecule has 0 amide bonds. The molecular weight excluding hydrogens is 386 g/mol. The summed E-state index contributed by atoms with van der Waals surface area (Å²) in [7, 11) is -1.16. The second-order valence-electron chi connectivity index (χ2n) is 8.81. The Morgan fingerprint density at radius 2 is 1.50 bits per heavy atom. The molecule has 2 nitrogen and oxygen atoms in total. The summed E-state index contributed by atoms with van der Waals surface area (Å²) in [5.74, 6) is 0. The summed E-state index contributed by atoms with van der Waals surface area (Å²) >= 11 is 0. The third-order valence-corrected chi connectivity index (χ3v) is 8.43. The number of fused-ring (bicyclic) bond motifs is 8. The molecule has 0 fully saturated rings. The molecule has 1 aliphatic carbocycles. The molecular formula is C27H19NOS. The highest BCUT2D eigenvalue weighted by molar-refractivity contribution is 7.85. The highest BCUT2D eigenvalue weighted by Crippen LogP contribution is 2.51. The Kier molecular flexibility index (Phi) is 2.93. The number of para-hydroxylation sites is 2. The van der Waals surface area contributed by atoms with E-state index < -0.39 is 10.8 Å². The smallest absolute Gasteiger partial charge is 0.0892 e. The normalized spacial score (nSPS) is 17.7. The molecule has 1 unspecified atom stereocenters. The molecule has 7 rings (SSSR count). The van der Waals surface area contributed by atoms with Gasteiger partial charge < -0.3 is 4.57 Å². The summed E-state index contributed by atoms with van der Waals surface area (Å²) in [6.07, 6.45) is 0. The van der Waals surface area contributed by atoms with Crippen molar-refractivity contribution in [1.29, 1.82) is 0 Å². The van der Waals surface area contributed by atoms with E-state index in [9.17, 15) is 4.21 Å². The Balaban J connectivity index is 1.71. The summed E-state index contributed by atoms with van der Waals surface area (Å²) in [5, 5.41) is 2.40. The van der Waals surface area contributed by atoms with Crippen molar-refractivity contribution >= 4 is 32.6 Å². The van der Waals surface area contributed by atoms with Crippen LogP contribution >= 0.6 is 0 Å². The summed E-state index contributed by atoms with van der Waals surface area (Å²) in [5.41, 5.74) is 8.66. The Morgan fingerprint density at radius 1 is 0.733 bits per heavy atom. The summed E-state index contributed by atoms with van der Waals surface area (Å²) in [6.45, 7) is 4.63. The van der Waals surface area contributed by atoms with E-state index in [0.29, 0.717) is 0 Å². The maximum atomic E-state index is 13.3. The molecule has 0 saturated carbocycles. The molecule has 1 aromatic heterocycles. The average molecular weight is 406 g/mol. The zero-order valence-electron chi connectivity index (χ0n) is 16.8. The van der Waals surface area contributed by atoms with Crippen LogP contribution in [0, 0.1) is 0 Å². The van der Waals surface area contributed by atoms with Crippen molar-refractivity contribution in [3.63, 3.8) is 0 Å². The zero-order chi connectivity index (χ0) is 20.2. The number of hydrogen-bond donors (Lipinski definition) is 0. The minimum absolute atomic E-state index is 0.0450. The maximum Gasteiger partial charge on any atom is 0.0892 e. The first-order chi connectivity index (χ1) is 14.6. The molecule has 0 spiro atoms. The third kappa shape index (κ3) is 1.79. The van der Waals surface area contributed by atoms with Gasteiger partial charge in [-0.1, -0.05) is 62.4 Å². The van der Waals surface area contributed by atoms with Crippen LogP contribution < -0.4 is 0 Å². The van der Waals surface area contributed by atoms with E-state index in [2.05, 4.69) is 66.9 Å². The van der Waals surface area contributed by atoms with Crippen LogP contribution in [0.2, 0.25) is 0 Å². The van der Waals surface area contributed by atoms with E-state index >= 15 is 0 Å². The van der Waals surface area contributed by atoms with Crippen molar-refractivity contribution in [2.75, 3.05) is 0 Å². The molecule has 1 aliphatic heterocycles. The van der Waals surface area contributed by atoms with Crippen LogP contribution in [-0.4, -0.2) is 8.78 Å². The zero-order valence-corrected chi connectivity index (χ0v) is 17.6. The molecule has 2 aliphatic rings. The first-order valence-electron chi connectivity index (χ1n) is 10.3. The first-order valence-corrected chi connectivity index (χ1v) is 11.4. The SMILES string of the molecule is CC1(C)c2ccccc2-c2cc3c4cccc5c4n(c3cc21)-c1ccccc1S5=O. The number of benzene rings is 4. The van der Waals surface area contributed by atoms with E-state index in [1.165, 1.54) is 38.5 Å².